The number of carbonyl (C=O) groups excluding carboxylic acids is 1. The van der Waals surface area contributed by atoms with Crippen molar-refractivity contribution in [2.45, 2.75) is 58.5 Å². The summed E-state index contributed by atoms with van der Waals surface area (Å²) in [6.07, 6.45) is 5.63. The normalized spacial score (nSPS) is 15.8. The second-order valence-electron chi connectivity index (χ2n) is 5.32. The van der Waals surface area contributed by atoms with E-state index in [1.54, 1.807) is 0 Å². The molecule has 0 atom stereocenters. The van der Waals surface area contributed by atoms with Gasteiger partial charge in [0.1, 0.15) is 5.69 Å². The maximum Gasteiger partial charge on any atom is 0.272 e. The van der Waals surface area contributed by atoms with Gasteiger partial charge >= 0.3 is 0 Å². The Balaban J connectivity index is 2.23. The molecule has 1 aromatic heterocycles. The molecule has 0 spiro atoms. The molecule has 112 valence electrons. The van der Waals surface area contributed by atoms with Gasteiger partial charge in [-0.25, -0.2) is 0 Å². The third-order valence-corrected chi connectivity index (χ3v) is 4.42. The molecule has 0 bridgehead atoms. The van der Waals surface area contributed by atoms with Crippen LogP contribution in [0.4, 0.5) is 0 Å². The van der Waals surface area contributed by atoms with Gasteiger partial charge in [0.15, 0.2) is 0 Å². The fourth-order valence-corrected chi connectivity index (χ4v) is 3.34. The first-order valence-corrected chi connectivity index (χ1v) is 8.77. The van der Waals surface area contributed by atoms with Gasteiger partial charge < -0.3 is 4.90 Å². The topological polar surface area (TPSA) is 38.1 Å². The van der Waals surface area contributed by atoms with E-state index in [9.17, 15) is 4.79 Å². The second kappa shape index (κ2) is 7.25. The predicted octanol–water partition coefficient (Wildman–Crippen LogP) is 3.25. The summed E-state index contributed by atoms with van der Waals surface area (Å²) in [6, 6.07) is 2.37. The Morgan fingerprint density at radius 2 is 2.15 bits per heavy atom. The largest absolute Gasteiger partial charge is 0.334 e. The van der Waals surface area contributed by atoms with Crippen molar-refractivity contribution >= 4 is 21.8 Å². The van der Waals surface area contributed by atoms with Gasteiger partial charge in [-0.1, -0.05) is 35.7 Å². The van der Waals surface area contributed by atoms with E-state index in [2.05, 4.69) is 28.0 Å². The number of hydrogen-bond donors (Lipinski definition) is 0. The standard InChI is InChI=1S/C15H24BrN3O/c1-3-12-11-14(19(4-2)17-12)15(20)18(10-9-16)13-7-5-6-8-13/h11,13H,3-10H2,1-2H3. The molecule has 1 heterocycles. The SMILES string of the molecule is CCc1cc(C(=O)N(CCBr)C2CCCC2)n(CC)n1. The highest BCUT2D eigenvalue weighted by Crippen LogP contribution is 2.25. The Hall–Kier alpha value is -0.840. The molecule has 1 amide bonds. The molecule has 0 aliphatic heterocycles. The average Bonchev–Trinajstić information content (AvgIpc) is 3.12. The molecule has 1 aromatic rings. The van der Waals surface area contributed by atoms with Gasteiger partial charge in [0.05, 0.1) is 5.69 Å². The van der Waals surface area contributed by atoms with E-state index < -0.39 is 0 Å². The monoisotopic (exact) mass is 341 g/mol. The molecular formula is C15H24BrN3O. The van der Waals surface area contributed by atoms with Crippen LogP contribution in [-0.2, 0) is 13.0 Å². The molecule has 0 radical (unpaired) electrons. The maximum absolute atomic E-state index is 12.9. The fraction of sp³-hybridized carbons (Fsp3) is 0.733. The van der Waals surface area contributed by atoms with E-state index in [1.165, 1.54) is 12.8 Å². The van der Waals surface area contributed by atoms with Crippen molar-refractivity contribution in [1.29, 1.82) is 0 Å². The number of alkyl halides is 1. The lowest BCUT2D eigenvalue weighted by molar-refractivity contribution is 0.0683. The smallest absolute Gasteiger partial charge is 0.272 e. The number of nitrogens with zero attached hydrogens (tertiary/aromatic N) is 3. The lowest BCUT2D eigenvalue weighted by atomic mass is 10.2. The van der Waals surface area contributed by atoms with Crippen LogP contribution in [0.25, 0.3) is 0 Å². The minimum absolute atomic E-state index is 0.144. The van der Waals surface area contributed by atoms with Crippen LogP contribution in [0.15, 0.2) is 6.07 Å². The van der Waals surface area contributed by atoms with Crippen LogP contribution in [-0.4, -0.2) is 38.5 Å². The van der Waals surface area contributed by atoms with Crippen LogP contribution < -0.4 is 0 Å². The first-order chi connectivity index (χ1) is 9.71. The Labute approximate surface area is 129 Å². The summed E-state index contributed by atoms with van der Waals surface area (Å²) < 4.78 is 1.84. The van der Waals surface area contributed by atoms with Crippen LogP contribution in [0.5, 0.6) is 0 Å². The number of rotatable bonds is 6. The molecule has 0 N–H and O–H groups in total. The first kappa shape index (κ1) is 15.5. The van der Waals surface area contributed by atoms with E-state index in [-0.39, 0.29) is 5.91 Å². The average molecular weight is 342 g/mol. The molecule has 2 rings (SSSR count). The number of amides is 1. The first-order valence-electron chi connectivity index (χ1n) is 7.64. The molecule has 0 saturated heterocycles. The number of aryl methyl sites for hydroxylation is 2. The van der Waals surface area contributed by atoms with Crippen molar-refractivity contribution in [3.05, 3.63) is 17.5 Å². The Morgan fingerprint density at radius 1 is 1.45 bits per heavy atom. The molecule has 20 heavy (non-hydrogen) atoms. The van der Waals surface area contributed by atoms with Crippen molar-refractivity contribution in [2.24, 2.45) is 0 Å². The van der Waals surface area contributed by atoms with Crippen molar-refractivity contribution < 1.29 is 4.79 Å². The highest BCUT2D eigenvalue weighted by molar-refractivity contribution is 9.09. The van der Waals surface area contributed by atoms with Crippen molar-refractivity contribution in [1.82, 2.24) is 14.7 Å². The van der Waals surface area contributed by atoms with E-state index in [0.29, 0.717) is 6.04 Å². The summed E-state index contributed by atoms with van der Waals surface area (Å²) in [4.78, 5) is 14.9. The summed E-state index contributed by atoms with van der Waals surface area (Å²) in [6.45, 7) is 5.63. The zero-order valence-electron chi connectivity index (χ0n) is 12.4. The maximum atomic E-state index is 12.9. The zero-order chi connectivity index (χ0) is 14.5. The van der Waals surface area contributed by atoms with Gasteiger partial charge in [0.25, 0.3) is 5.91 Å². The molecule has 1 aliphatic rings. The Kier molecular flexibility index (Phi) is 5.64. The number of halogens is 1. The lowest BCUT2D eigenvalue weighted by Gasteiger charge is -2.28. The van der Waals surface area contributed by atoms with Crippen LogP contribution in [0.2, 0.25) is 0 Å². The number of hydrogen-bond acceptors (Lipinski definition) is 2. The van der Waals surface area contributed by atoms with E-state index in [1.807, 2.05) is 22.6 Å². The third kappa shape index (κ3) is 3.25. The molecular weight excluding hydrogens is 318 g/mol. The lowest BCUT2D eigenvalue weighted by Crippen LogP contribution is -2.41. The van der Waals surface area contributed by atoms with Crippen LogP contribution >= 0.6 is 15.9 Å². The quantitative estimate of drug-likeness (QED) is 0.745. The number of aromatic nitrogens is 2. The van der Waals surface area contributed by atoms with Crippen LogP contribution in [0.3, 0.4) is 0 Å². The van der Waals surface area contributed by atoms with E-state index in [4.69, 9.17) is 0 Å². The molecule has 1 aliphatic carbocycles. The second-order valence-corrected chi connectivity index (χ2v) is 6.11. The minimum Gasteiger partial charge on any atom is -0.334 e. The van der Waals surface area contributed by atoms with E-state index in [0.717, 1.165) is 49.1 Å². The highest BCUT2D eigenvalue weighted by atomic mass is 79.9. The van der Waals surface area contributed by atoms with Crippen molar-refractivity contribution in [2.75, 3.05) is 11.9 Å². The van der Waals surface area contributed by atoms with E-state index >= 15 is 0 Å². The van der Waals surface area contributed by atoms with Gasteiger partial charge in [0.2, 0.25) is 0 Å². The van der Waals surface area contributed by atoms with Crippen LogP contribution in [0.1, 0.15) is 55.7 Å². The number of carbonyl (C=O) groups is 1. The minimum atomic E-state index is 0.144. The fourth-order valence-electron chi connectivity index (χ4n) is 2.96. The van der Waals surface area contributed by atoms with Crippen molar-refractivity contribution in [3.63, 3.8) is 0 Å². The summed E-state index contributed by atoms with van der Waals surface area (Å²) in [7, 11) is 0. The Morgan fingerprint density at radius 3 is 2.70 bits per heavy atom. The van der Waals surface area contributed by atoms with Crippen LogP contribution in [0, 0.1) is 0 Å². The van der Waals surface area contributed by atoms with Crippen molar-refractivity contribution in [3.8, 4) is 0 Å². The molecule has 1 fully saturated rings. The van der Waals surface area contributed by atoms with Gasteiger partial charge in [-0.15, -0.1) is 0 Å². The summed E-state index contributed by atoms with van der Waals surface area (Å²) >= 11 is 3.48. The summed E-state index contributed by atoms with van der Waals surface area (Å²) in [5, 5.41) is 5.32. The molecule has 5 heteroatoms. The highest BCUT2D eigenvalue weighted by Gasteiger charge is 2.28. The molecule has 1 saturated carbocycles. The Bertz CT molecular complexity index is 452. The summed E-state index contributed by atoms with van der Waals surface area (Å²) in [5.74, 6) is 0.144. The zero-order valence-corrected chi connectivity index (χ0v) is 14.0. The van der Waals surface area contributed by atoms with Gasteiger partial charge in [-0.3, -0.25) is 9.48 Å². The predicted molar refractivity (Wildman–Crippen MR) is 84.4 cm³/mol. The summed E-state index contributed by atoms with van der Waals surface area (Å²) in [5.41, 5.74) is 1.75. The molecule has 0 aromatic carbocycles. The third-order valence-electron chi connectivity index (χ3n) is 4.06. The molecule has 0 unspecified atom stereocenters. The van der Waals surface area contributed by atoms with Gasteiger partial charge in [-0.05, 0) is 32.3 Å². The van der Waals surface area contributed by atoms with Gasteiger partial charge in [0, 0.05) is 24.5 Å². The molecule has 4 nitrogen and oxygen atoms in total. The van der Waals surface area contributed by atoms with Gasteiger partial charge in [-0.2, -0.15) is 5.10 Å².